The number of nitrogens with one attached hydrogen (secondary N) is 2. The highest BCUT2D eigenvalue weighted by Gasteiger charge is 2.20. The van der Waals surface area contributed by atoms with E-state index in [0.717, 1.165) is 5.56 Å². The number of hydrogen-bond donors (Lipinski definition) is 2. The minimum atomic E-state index is -0.708. The van der Waals surface area contributed by atoms with Crippen LogP contribution < -0.4 is 20.3 Å². The molecule has 0 radical (unpaired) electrons. The second-order valence-electron chi connectivity index (χ2n) is 5.47. The lowest BCUT2D eigenvalue weighted by molar-refractivity contribution is -0.128. The lowest BCUT2D eigenvalue weighted by Gasteiger charge is -2.18. The standard InChI is InChI=1S/C19H22N2O4/c1-4-16(25-14-11-9-13(2)10-12-14)19(23)21-20-18(22)15-7-5-6-8-17(15)24-3/h5-12,16H,4H2,1-3H3,(H,20,22)(H,21,23)/t16-/m1/s1. The third-order valence-corrected chi connectivity index (χ3v) is 3.61. The first-order valence-corrected chi connectivity index (χ1v) is 8.01. The van der Waals surface area contributed by atoms with Gasteiger partial charge in [0.1, 0.15) is 11.5 Å². The highest BCUT2D eigenvalue weighted by atomic mass is 16.5. The zero-order valence-corrected chi connectivity index (χ0v) is 14.5. The number of methoxy groups -OCH3 is 1. The Morgan fingerprint density at radius 2 is 1.72 bits per heavy atom. The summed E-state index contributed by atoms with van der Waals surface area (Å²) < 4.78 is 10.8. The van der Waals surface area contributed by atoms with Crippen molar-refractivity contribution in [1.82, 2.24) is 10.9 Å². The highest BCUT2D eigenvalue weighted by Crippen LogP contribution is 2.17. The molecule has 0 aromatic heterocycles. The number of rotatable bonds is 6. The lowest BCUT2D eigenvalue weighted by atomic mass is 10.2. The number of aryl methyl sites for hydroxylation is 1. The van der Waals surface area contributed by atoms with Crippen molar-refractivity contribution in [3.63, 3.8) is 0 Å². The maximum atomic E-state index is 12.3. The first kappa shape index (κ1) is 18.3. The predicted octanol–water partition coefficient (Wildman–Crippen LogP) is 2.62. The van der Waals surface area contributed by atoms with Gasteiger partial charge in [0.25, 0.3) is 11.8 Å². The van der Waals surface area contributed by atoms with Gasteiger partial charge in [0.05, 0.1) is 12.7 Å². The van der Waals surface area contributed by atoms with Gasteiger partial charge in [0, 0.05) is 0 Å². The summed E-state index contributed by atoms with van der Waals surface area (Å²) in [4.78, 5) is 24.4. The zero-order valence-electron chi connectivity index (χ0n) is 14.5. The van der Waals surface area contributed by atoms with E-state index >= 15 is 0 Å². The smallest absolute Gasteiger partial charge is 0.279 e. The molecule has 0 aliphatic rings. The lowest BCUT2D eigenvalue weighted by Crippen LogP contribution is -2.48. The van der Waals surface area contributed by atoms with E-state index in [1.54, 1.807) is 36.4 Å². The molecule has 25 heavy (non-hydrogen) atoms. The van der Waals surface area contributed by atoms with Gasteiger partial charge in [-0.25, -0.2) is 0 Å². The summed E-state index contributed by atoms with van der Waals surface area (Å²) in [5.41, 5.74) is 6.22. The molecule has 2 aromatic carbocycles. The third kappa shape index (κ3) is 4.97. The fourth-order valence-corrected chi connectivity index (χ4v) is 2.20. The Labute approximate surface area is 147 Å². The van der Waals surface area contributed by atoms with Crippen LogP contribution >= 0.6 is 0 Å². The summed E-state index contributed by atoms with van der Waals surface area (Å²) in [5, 5.41) is 0. The maximum Gasteiger partial charge on any atom is 0.279 e. The van der Waals surface area contributed by atoms with Crippen molar-refractivity contribution >= 4 is 11.8 Å². The van der Waals surface area contributed by atoms with Gasteiger partial charge in [-0.1, -0.05) is 36.8 Å². The van der Waals surface area contributed by atoms with Gasteiger partial charge in [-0.15, -0.1) is 0 Å². The molecule has 0 heterocycles. The molecular weight excluding hydrogens is 320 g/mol. The maximum absolute atomic E-state index is 12.3. The molecule has 2 aromatic rings. The van der Waals surface area contributed by atoms with Gasteiger partial charge in [-0.3, -0.25) is 20.4 Å². The van der Waals surface area contributed by atoms with Gasteiger partial charge in [-0.05, 0) is 37.6 Å². The molecule has 0 saturated heterocycles. The molecular formula is C19H22N2O4. The van der Waals surface area contributed by atoms with Crippen molar-refractivity contribution < 1.29 is 19.1 Å². The van der Waals surface area contributed by atoms with E-state index in [1.165, 1.54) is 7.11 Å². The summed E-state index contributed by atoms with van der Waals surface area (Å²) in [6.07, 6.45) is -0.245. The minimum absolute atomic E-state index is 0.331. The zero-order chi connectivity index (χ0) is 18.2. The van der Waals surface area contributed by atoms with Gasteiger partial charge >= 0.3 is 0 Å². The SMILES string of the molecule is CC[C@@H](Oc1ccc(C)cc1)C(=O)NNC(=O)c1ccccc1OC. The van der Waals surface area contributed by atoms with E-state index in [1.807, 2.05) is 26.0 Å². The summed E-state index contributed by atoms with van der Waals surface area (Å²) in [6, 6.07) is 14.2. The van der Waals surface area contributed by atoms with Crippen LogP contribution in [0.25, 0.3) is 0 Å². The topological polar surface area (TPSA) is 76.7 Å². The van der Waals surface area contributed by atoms with E-state index in [9.17, 15) is 9.59 Å². The number of ether oxygens (including phenoxy) is 2. The molecule has 0 saturated carbocycles. The van der Waals surface area contributed by atoms with E-state index in [4.69, 9.17) is 9.47 Å². The first-order chi connectivity index (χ1) is 12.0. The van der Waals surface area contributed by atoms with Crippen LogP contribution in [0.15, 0.2) is 48.5 Å². The normalized spacial score (nSPS) is 11.3. The number of carbonyl (C=O) groups excluding carboxylic acids is 2. The van der Waals surface area contributed by atoms with Crippen molar-refractivity contribution in [3.05, 3.63) is 59.7 Å². The average molecular weight is 342 g/mol. The van der Waals surface area contributed by atoms with Crippen LogP contribution in [-0.2, 0) is 4.79 Å². The van der Waals surface area contributed by atoms with Crippen molar-refractivity contribution in [2.75, 3.05) is 7.11 Å². The molecule has 0 spiro atoms. The molecule has 2 rings (SSSR count). The van der Waals surface area contributed by atoms with Crippen molar-refractivity contribution in [2.45, 2.75) is 26.4 Å². The Kier molecular flexibility index (Phi) is 6.39. The van der Waals surface area contributed by atoms with E-state index < -0.39 is 17.9 Å². The Bertz CT molecular complexity index is 728. The van der Waals surface area contributed by atoms with Gasteiger partial charge in [0.15, 0.2) is 6.10 Å². The van der Waals surface area contributed by atoms with Gasteiger partial charge < -0.3 is 9.47 Å². The number of amides is 2. The second-order valence-corrected chi connectivity index (χ2v) is 5.47. The highest BCUT2D eigenvalue weighted by molar-refractivity contribution is 5.98. The number of carbonyl (C=O) groups is 2. The predicted molar refractivity (Wildman–Crippen MR) is 94.5 cm³/mol. The van der Waals surface area contributed by atoms with E-state index in [0.29, 0.717) is 23.5 Å². The van der Waals surface area contributed by atoms with Crippen LogP contribution in [0.2, 0.25) is 0 Å². The van der Waals surface area contributed by atoms with Crippen molar-refractivity contribution in [3.8, 4) is 11.5 Å². The largest absolute Gasteiger partial charge is 0.496 e. The van der Waals surface area contributed by atoms with Gasteiger partial charge in [-0.2, -0.15) is 0 Å². The number of benzene rings is 2. The Balaban J connectivity index is 1.95. The quantitative estimate of drug-likeness (QED) is 0.791. The number of hydrogen-bond acceptors (Lipinski definition) is 4. The fourth-order valence-electron chi connectivity index (χ4n) is 2.20. The molecule has 0 unspecified atom stereocenters. The molecule has 2 amide bonds. The van der Waals surface area contributed by atoms with E-state index in [-0.39, 0.29) is 0 Å². The number of hydrazine groups is 1. The average Bonchev–Trinajstić information content (AvgIpc) is 2.65. The summed E-state index contributed by atoms with van der Waals surface area (Å²) in [7, 11) is 1.48. The molecule has 6 nitrogen and oxygen atoms in total. The number of para-hydroxylation sites is 1. The third-order valence-electron chi connectivity index (χ3n) is 3.61. The molecule has 132 valence electrons. The fraction of sp³-hybridized carbons (Fsp3) is 0.263. The Morgan fingerprint density at radius 1 is 1.04 bits per heavy atom. The van der Waals surface area contributed by atoms with Crippen LogP contribution in [0, 0.1) is 6.92 Å². The molecule has 0 aliphatic heterocycles. The minimum Gasteiger partial charge on any atom is -0.496 e. The summed E-state index contributed by atoms with van der Waals surface area (Å²) in [5.74, 6) is 0.142. The van der Waals surface area contributed by atoms with E-state index in [2.05, 4.69) is 10.9 Å². The molecule has 0 fully saturated rings. The molecule has 6 heteroatoms. The molecule has 2 N–H and O–H groups in total. The summed E-state index contributed by atoms with van der Waals surface area (Å²) >= 11 is 0. The Hall–Kier alpha value is -3.02. The first-order valence-electron chi connectivity index (χ1n) is 8.01. The van der Waals surface area contributed by atoms with Crippen molar-refractivity contribution in [2.24, 2.45) is 0 Å². The van der Waals surface area contributed by atoms with Crippen LogP contribution in [-0.4, -0.2) is 25.0 Å². The van der Waals surface area contributed by atoms with Crippen LogP contribution in [0.1, 0.15) is 29.3 Å². The van der Waals surface area contributed by atoms with Crippen molar-refractivity contribution in [1.29, 1.82) is 0 Å². The molecule has 0 aliphatic carbocycles. The van der Waals surface area contributed by atoms with Crippen LogP contribution in [0.3, 0.4) is 0 Å². The molecule has 0 bridgehead atoms. The Morgan fingerprint density at radius 3 is 2.36 bits per heavy atom. The monoisotopic (exact) mass is 342 g/mol. The van der Waals surface area contributed by atoms with Crippen LogP contribution in [0.5, 0.6) is 11.5 Å². The van der Waals surface area contributed by atoms with Crippen LogP contribution in [0.4, 0.5) is 0 Å². The summed E-state index contributed by atoms with van der Waals surface area (Å²) in [6.45, 7) is 3.81. The second kappa shape index (κ2) is 8.73. The molecule has 1 atom stereocenters. The van der Waals surface area contributed by atoms with Gasteiger partial charge in [0.2, 0.25) is 0 Å².